The van der Waals surface area contributed by atoms with Crippen LogP contribution in [0.25, 0.3) is 11.0 Å². The number of fused-ring (bicyclic) bond motifs is 11. The first kappa shape index (κ1) is 53.8. The van der Waals surface area contributed by atoms with Crippen LogP contribution in [0.1, 0.15) is 185 Å². The number of benzene rings is 4. The van der Waals surface area contributed by atoms with Crippen molar-refractivity contribution in [3.8, 4) is 5.75 Å². The van der Waals surface area contributed by atoms with E-state index in [1.54, 1.807) is 19.1 Å². The van der Waals surface area contributed by atoms with Gasteiger partial charge in [-0.2, -0.15) is 0 Å². The van der Waals surface area contributed by atoms with Gasteiger partial charge in [0.15, 0.2) is 12.2 Å². The lowest BCUT2D eigenvalue weighted by Crippen LogP contribution is -2.58. The van der Waals surface area contributed by atoms with Gasteiger partial charge in [0, 0.05) is 46.8 Å². The van der Waals surface area contributed by atoms with Crippen LogP contribution in [0, 0.1) is 11.8 Å². The van der Waals surface area contributed by atoms with Crippen LogP contribution in [0.4, 0.5) is 0 Å². The second kappa shape index (κ2) is 23.5. The first-order valence-electron chi connectivity index (χ1n) is 28.2. The molecule has 3 fully saturated rings. The Morgan fingerprint density at radius 3 is 2.25 bits per heavy atom. The number of carbonyl (C=O) groups is 2. The van der Waals surface area contributed by atoms with E-state index in [4.69, 9.17) is 23.4 Å². The van der Waals surface area contributed by atoms with Gasteiger partial charge in [-0.1, -0.05) is 117 Å². The summed E-state index contributed by atoms with van der Waals surface area (Å²) in [7, 11) is 0. The van der Waals surface area contributed by atoms with Crippen LogP contribution in [0.3, 0.4) is 0 Å². The van der Waals surface area contributed by atoms with E-state index >= 15 is 9.59 Å². The van der Waals surface area contributed by atoms with Crippen molar-refractivity contribution in [2.75, 3.05) is 26.6 Å². The van der Waals surface area contributed by atoms with E-state index in [0.29, 0.717) is 28.7 Å². The third kappa shape index (κ3) is 10.6. The van der Waals surface area contributed by atoms with E-state index in [2.05, 4.69) is 78.9 Å². The fourth-order valence-corrected chi connectivity index (χ4v) is 14.3. The van der Waals surface area contributed by atoms with Gasteiger partial charge in [-0.05, 0) is 147 Å². The molecule has 7 atom stereocenters. The highest BCUT2D eigenvalue weighted by molar-refractivity contribution is 5.90. The Labute approximate surface area is 446 Å². The van der Waals surface area contributed by atoms with Crippen molar-refractivity contribution >= 4 is 22.9 Å². The summed E-state index contributed by atoms with van der Waals surface area (Å²) < 4.78 is 32.5. The molecule has 12 nitrogen and oxygen atoms in total. The fraction of sp³-hybridized carbons (Fsp3) is 0.516. The number of ether oxygens (including phenoxy) is 4. The lowest BCUT2D eigenvalue weighted by molar-refractivity contribution is -0.201. The van der Waals surface area contributed by atoms with Crippen molar-refractivity contribution in [3.63, 3.8) is 0 Å². The molecule has 4 heterocycles. The second-order valence-electron chi connectivity index (χ2n) is 22.7. The van der Waals surface area contributed by atoms with Gasteiger partial charge in [-0.25, -0.2) is 9.59 Å². The second-order valence-corrected chi connectivity index (χ2v) is 22.7. The van der Waals surface area contributed by atoms with E-state index in [-0.39, 0.29) is 90.4 Å². The number of aryl methyl sites for hydroxylation is 1. The molecule has 0 unspecified atom stereocenters. The summed E-state index contributed by atoms with van der Waals surface area (Å²) in [5, 5.41) is 41.6. The Hall–Kier alpha value is -5.63. The molecule has 12 heteroatoms. The van der Waals surface area contributed by atoms with Crippen molar-refractivity contribution in [2.24, 2.45) is 11.8 Å². The minimum atomic E-state index is -1.33. The zero-order valence-corrected chi connectivity index (χ0v) is 44.3. The largest absolute Gasteiger partial charge is 0.483 e. The standard InChI is InChI=1S/C64H76O12/c1-40(36-66)50-25-21-41-19-22-42(23-20-41)51-26-24-44(43-13-12-18-49(34-43)64(30-10-5-11-31-64)48-16-8-4-9-17-48)33-46(51)35-55(69)73-59-57-54(76-63(2,60(59)75-61(50)70)47-14-6-3-7-15-47)28-27-52-53(37-67)56(62(71)74-58(52)57)45(29-32-65)38-72-39-68/h4,8-9,12-13,16-20,22-23,27-28,34,44-47,51,59-60,65-68H,3,5-7,10-11,14-15,21,24-26,29-33,35-39H2,1-2H3/b50-40-/t44-,45+,46+,51-,59+,60-,63-/m0/s1. The zero-order chi connectivity index (χ0) is 53.0. The van der Waals surface area contributed by atoms with Crippen molar-refractivity contribution in [1.29, 1.82) is 0 Å². The molecule has 3 aliphatic carbocycles. The predicted octanol–water partition coefficient (Wildman–Crippen LogP) is 11.2. The van der Waals surface area contributed by atoms with Crippen LogP contribution < -0.4 is 10.4 Å². The lowest BCUT2D eigenvalue weighted by atomic mass is 9.64. The zero-order valence-electron chi connectivity index (χ0n) is 44.3. The van der Waals surface area contributed by atoms with E-state index in [9.17, 15) is 25.2 Å². The van der Waals surface area contributed by atoms with Crippen molar-refractivity contribution in [3.05, 3.63) is 157 Å². The minimum absolute atomic E-state index is 0.0173. The number of esters is 2. The summed E-state index contributed by atoms with van der Waals surface area (Å²) in [6, 6.07) is 32.3. The first-order chi connectivity index (χ1) is 37.0. The van der Waals surface area contributed by atoms with Gasteiger partial charge in [-0.3, -0.25) is 4.79 Å². The summed E-state index contributed by atoms with van der Waals surface area (Å²) in [6.45, 7) is 1.67. The average molecular weight is 1040 g/mol. The number of carbonyl (C=O) groups excluding carboxylic acids is 2. The normalized spacial score (nSPS) is 26.3. The number of aliphatic hydroxyl groups excluding tert-OH is 4. The van der Waals surface area contributed by atoms with Gasteiger partial charge >= 0.3 is 17.6 Å². The average Bonchev–Trinajstić information content (AvgIpc) is 3.55. The molecular formula is C64H76O12. The molecule has 3 saturated carbocycles. The highest BCUT2D eigenvalue weighted by Crippen LogP contribution is 2.54. The van der Waals surface area contributed by atoms with Gasteiger partial charge in [-0.15, -0.1) is 0 Å². The SMILES string of the molecule is C/C(CO)=C1\CCc2ccc(cc2)[C@@H]2CC[C@H](c3cccc(C4(c5ccccc5)CCCCC4)c3)C[C@@H]2CC(=O)O[C@@H]2c3c(ccc4c(CO)c([C@H](CCO)COCO)c(=O)oc34)O[C@@](C)(C3CCCCC3)[C@H]2OC1=O. The molecule has 6 aliphatic rings. The summed E-state index contributed by atoms with van der Waals surface area (Å²) in [5.74, 6) is -1.61. The molecule has 1 aromatic heterocycles. The van der Waals surface area contributed by atoms with Gasteiger partial charge in [0.1, 0.15) is 23.7 Å². The van der Waals surface area contributed by atoms with Crippen LogP contribution in [0.2, 0.25) is 0 Å². The topological polar surface area (TPSA) is 182 Å². The maximum Gasteiger partial charge on any atom is 0.340 e. The van der Waals surface area contributed by atoms with Crippen LogP contribution in [0.5, 0.6) is 5.75 Å². The molecule has 0 spiro atoms. The minimum Gasteiger partial charge on any atom is -0.483 e. The molecule has 2 bridgehead atoms. The van der Waals surface area contributed by atoms with Gasteiger partial charge in [0.25, 0.3) is 0 Å². The molecule has 0 radical (unpaired) electrons. The number of aliphatic hydroxyl groups is 4. The Morgan fingerprint density at radius 2 is 1.53 bits per heavy atom. The van der Waals surface area contributed by atoms with E-state index in [0.717, 1.165) is 75.3 Å². The molecule has 11 rings (SSSR count). The quantitative estimate of drug-likeness (QED) is 0.0402. The first-order valence-corrected chi connectivity index (χ1v) is 28.2. The lowest BCUT2D eigenvalue weighted by Gasteiger charge is -2.50. The van der Waals surface area contributed by atoms with Crippen LogP contribution >= 0.6 is 0 Å². The Morgan fingerprint density at radius 1 is 0.776 bits per heavy atom. The van der Waals surface area contributed by atoms with E-state index in [1.165, 1.54) is 36.0 Å². The highest BCUT2D eigenvalue weighted by Gasteiger charge is 2.57. The van der Waals surface area contributed by atoms with Gasteiger partial charge < -0.3 is 43.8 Å². The molecule has 0 amide bonds. The predicted molar refractivity (Wildman–Crippen MR) is 289 cm³/mol. The van der Waals surface area contributed by atoms with Crippen molar-refractivity contribution in [2.45, 2.75) is 171 Å². The number of hydrogen-bond acceptors (Lipinski definition) is 12. The summed E-state index contributed by atoms with van der Waals surface area (Å²) >= 11 is 0. The highest BCUT2D eigenvalue weighted by atomic mass is 16.6. The maximum atomic E-state index is 15.4. The summed E-state index contributed by atoms with van der Waals surface area (Å²) in [4.78, 5) is 44.9. The molecule has 5 aromatic rings. The van der Waals surface area contributed by atoms with E-state index < -0.39 is 54.7 Å². The van der Waals surface area contributed by atoms with Crippen LogP contribution in [-0.2, 0) is 42.2 Å². The van der Waals surface area contributed by atoms with Crippen LogP contribution in [-0.4, -0.2) is 70.7 Å². The number of hydrogen-bond donors (Lipinski definition) is 4. The molecular weight excluding hydrogens is 961 g/mol. The smallest absolute Gasteiger partial charge is 0.340 e. The van der Waals surface area contributed by atoms with Gasteiger partial charge in [0.2, 0.25) is 0 Å². The molecule has 404 valence electrons. The molecule has 4 aromatic carbocycles. The number of rotatable bonds is 12. The fourth-order valence-electron chi connectivity index (χ4n) is 14.3. The molecule has 0 saturated heterocycles. The van der Waals surface area contributed by atoms with Crippen molar-refractivity contribution < 1.29 is 53.4 Å². The van der Waals surface area contributed by atoms with Crippen LogP contribution in [0.15, 0.2) is 111 Å². The Balaban J connectivity index is 1.10. The Kier molecular flexibility index (Phi) is 16.6. The Bertz CT molecular complexity index is 2930. The molecule has 3 aliphatic heterocycles. The summed E-state index contributed by atoms with van der Waals surface area (Å²) in [6.07, 6.45) is 11.2. The van der Waals surface area contributed by atoms with Gasteiger partial charge in [0.05, 0.1) is 25.4 Å². The third-order valence-corrected chi connectivity index (χ3v) is 18.5. The van der Waals surface area contributed by atoms with E-state index in [1.807, 2.05) is 6.92 Å². The maximum absolute atomic E-state index is 15.4. The molecule has 76 heavy (non-hydrogen) atoms. The third-order valence-electron chi connectivity index (χ3n) is 18.5. The monoisotopic (exact) mass is 1040 g/mol. The molecule has 4 N–H and O–H groups in total. The van der Waals surface area contributed by atoms with Crippen molar-refractivity contribution in [1.82, 2.24) is 0 Å². The summed E-state index contributed by atoms with van der Waals surface area (Å²) in [5.41, 5.74) is 5.45.